The van der Waals surface area contributed by atoms with Crippen molar-refractivity contribution in [3.05, 3.63) is 58.4 Å². The van der Waals surface area contributed by atoms with Crippen molar-refractivity contribution < 1.29 is 4.39 Å². The van der Waals surface area contributed by atoms with Gasteiger partial charge in [0, 0.05) is 6.54 Å². The van der Waals surface area contributed by atoms with E-state index in [9.17, 15) is 4.39 Å². The van der Waals surface area contributed by atoms with Gasteiger partial charge in [0.25, 0.3) is 0 Å². The lowest BCUT2D eigenvalue weighted by atomic mass is 9.91. The molecule has 20 heavy (non-hydrogen) atoms. The molecule has 0 amide bonds. The molecule has 1 N–H and O–H groups in total. The molecule has 0 bridgehead atoms. The highest BCUT2D eigenvalue weighted by molar-refractivity contribution is 5.74. The molecule has 0 radical (unpaired) electrons. The first-order chi connectivity index (χ1) is 9.52. The maximum absolute atomic E-state index is 13.5. The fourth-order valence-electron chi connectivity index (χ4n) is 2.82. The van der Waals surface area contributed by atoms with E-state index in [4.69, 9.17) is 0 Å². The number of aryl methyl sites for hydroxylation is 3. The molecule has 2 rings (SSSR count). The molecule has 0 spiro atoms. The quantitative estimate of drug-likeness (QED) is 0.861. The van der Waals surface area contributed by atoms with Crippen LogP contribution in [0, 0.1) is 26.6 Å². The molecule has 1 nitrogen and oxygen atoms in total. The Hall–Kier alpha value is -1.67. The fraction of sp³-hybridized carbons (Fsp3) is 0.333. The van der Waals surface area contributed by atoms with Crippen molar-refractivity contribution in [2.45, 2.75) is 34.2 Å². The molecule has 2 heteroatoms. The Morgan fingerprint density at radius 2 is 1.65 bits per heavy atom. The van der Waals surface area contributed by atoms with Crippen LogP contribution in [-0.2, 0) is 6.54 Å². The van der Waals surface area contributed by atoms with Crippen LogP contribution in [0.25, 0.3) is 11.1 Å². The predicted octanol–water partition coefficient (Wildman–Crippen LogP) is 4.53. The summed E-state index contributed by atoms with van der Waals surface area (Å²) in [5.74, 6) is -0.177. The molecule has 0 heterocycles. The number of nitrogens with one attached hydrogen (secondary N) is 1. The highest BCUT2D eigenvalue weighted by Gasteiger charge is 2.11. The monoisotopic (exact) mass is 271 g/mol. The molecule has 0 atom stereocenters. The van der Waals surface area contributed by atoms with E-state index in [-0.39, 0.29) is 5.82 Å². The zero-order valence-corrected chi connectivity index (χ0v) is 12.7. The molecule has 106 valence electrons. The van der Waals surface area contributed by atoms with E-state index < -0.39 is 0 Å². The number of rotatable bonds is 4. The van der Waals surface area contributed by atoms with Crippen LogP contribution in [0.15, 0.2) is 30.3 Å². The summed E-state index contributed by atoms with van der Waals surface area (Å²) in [6, 6.07) is 9.44. The smallest absolute Gasteiger partial charge is 0.123 e. The third kappa shape index (κ3) is 3.07. The lowest BCUT2D eigenvalue weighted by Crippen LogP contribution is -2.13. The number of benzene rings is 2. The minimum Gasteiger partial charge on any atom is -0.313 e. The van der Waals surface area contributed by atoms with E-state index >= 15 is 0 Å². The maximum atomic E-state index is 13.5. The third-order valence-electron chi connectivity index (χ3n) is 3.58. The second kappa shape index (κ2) is 6.19. The Bertz CT molecular complexity index is 594. The summed E-state index contributed by atoms with van der Waals surface area (Å²) in [6.07, 6.45) is 0. The van der Waals surface area contributed by atoms with Crippen LogP contribution in [0.1, 0.15) is 29.2 Å². The van der Waals surface area contributed by atoms with Crippen molar-refractivity contribution in [2.75, 3.05) is 6.54 Å². The highest BCUT2D eigenvalue weighted by Crippen LogP contribution is 2.31. The van der Waals surface area contributed by atoms with Crippen LogP contribution in [0.4, 0.5) is 4.39 Å². The zero-order chi connectivity index (χ0) is 14.7. The molecule has 0 saturated carbocycles. The number of halogens is 1. The maximum Gasteiger partial charge on any atom is 0.123 e. The first-order valence-corrected chi connectivity index (χ1v) is 7.10. The molecule has 0 aliphatic heterocycles. The lowest BCUT2D eigenvalue weighted by Gasteiger charge is -2.16. The molecule has 2 aromatic rings. The van der Waals surface area contributed by atoms with Crippen LogP contribution in [0.5, 0.6) is 0 Å². The SMILES string of the molecule is CCNCc1cc(F)ccc1-c1c(C)cc(C)cc1C. The fourth-order valence-corrected chi connectivity index (χ4v) is 2.82. The van der Waals surface area contributed by atoms with Crippen molar-refractivity contribution in [3.8, 4) is 11.1 Å². The summed E-state index contributed by atoms with van der Waals surface area (Å²) in [7, 11) is 0. The van der Waals surface area contributed by atoms with Crippen LogP contribution < -0.4 is 5.32 Å². The van der Waals surface area contributed by atoms with Gasteiger partial charge in [-0.1, -0.05) is 30.7 Å². The van der Waals surface area contributed by atoms with Gasteiger partial charge in [-0.2, -0.15) is 0 Å². The van der Waals surface area contributed by atoms with Crippen molar-refractivity contribution >= 4 is 0 Å². The van der Waals surface area contributed by atoms with Gasteiger partial charge in [0.15, 0.2) is 0 Å². The molecule has 0 unspecified atom stereocenters. The summed E-state index contributed by atoms with van der Waals surface area (Å²) in [5.41, 5.74) is 7.12. The largest absolute Gasteiger partial charge is 0.313 e. The van der Waals surface area contributed by atoms with E-state index in [0.717, 1.165) is 17.7 Å². The van der Waals surface area contributed by atoms with E-state index in [2.05, 4.69) is 45.1 Å². The van der Waals surface area contributed by atoms with E-state index in [0.29, 0.717) is 6.54 Å². The molecule has 0 saturated heterocycles. The summed E-state index contributed by atoms with van der Waals surface area (Å²) in [4.78, 5) is 0. The van der Waals surface area contributed by atoms with Gasteiger partial charge in [0.1, 0.15) is 5.82 Å². The van der Waals surface area contributed by atoms with Gasteiger partial charge >= 0.3 is 0 Å². The van der Waals surface area contributed by atoms with Crippen molar-refractivity contribution in [3.63, 3.8) is 0 Å². The zero-order valence-electron chi connectivity index (χ0n) is 12.7. The van der Waals surface area contributed by atoms with Crippen LogP contribution >= 0.6 is 0 Å². The lowest BCUT2D eigenvalue weighted by molar-refractivity contribution is 0.622. The minimum absolute atomic E-state index is 0.177. The summed E-state index contributed by atoms with van der Waals surface area (Å²) in [5, 5.41) is 3.29. The minimum atomic E-state index is -0.177. The first-order valence-electron chi connectivity index (χ1n) is 7.10. The predicted molar refractivity (Wildman–Crippen MR) is 83.4 cm³/mol. The Kier molecular flexibility index (Phi) is 4.56. The second-order valence-electron chi connectivity index (χ2n) is 5.36. The average Bonchev–Trinajstić information content (AvgIpc) is 2.37. The summed E-state index contributed by atoms with van der Waals surface area (Å²) < 4.78 is 13.5. The van der Waals surface area contributed by atoms with Gasteiger partial charge in [0.05, 0.1) is 0 Å². The second-order valence-corrected chi connectivity index (χ2v) is 5.36. The van der Waals surface area contributed by atoms with E-state index in [1.54, 1.807) is 12.1 Å². The molecule has 2 aromatic carbocycles. The molecule has 0 fully saturated rings. The molecule has 0 aliphatic rings. The Balaban J connectivity index is 2.57. The van der Waals surface area contributed by atoms with Gasteiger partial charge in [-0.05, 0) is 67.3 Å². The van der Waals surface area contributed by atoms with E-state index in [1.807, 2.05) is 6.07 Å². The van der Waals surface area contributed by atoms with Gasteiger partial charge in [-0.3, -0.25) is 0 Å². The standard InChI is InChI=1S/C18H22FN/c1-5-20-11-15-10-16(19)6-7-17(15)18-13(3)8-12(2)9-14(18)4/h6-10,20H,5,11H2,1-4H3. The third-order valence-corrected chi connectivity index (χ3v) is 3.58. The normalized spacial score (nSPS) is 10.8. The summed E-state index contributed by atoms with van der Waals surface area (Å²) >= 11 is 0. The van der Waals surface area contributed by atoms with Crippen LogP contribution in [0.2, 0.25) is 0 Å². The topological polar surface area (TPSA) is 12.0 Å². The summed E-state index contributed by atoms with van der Waals surface area (Å²) in [6.45, 7) is 9.97. The van der Waals surface area contributed by atoms with Gasteiger partial charge < -0.3 is 5.32 Å². The van der Waals surface area contributed by atoms with E-state index in [1.165, 1.54) is 22.3 Å². The number of hydrogen-bond donors (Lipinski definition) is 1. The highest BCUT2D eigenvalue weighted by atomic mass is 19.1. The Morgan fingerprint density at radius 3 is 2.25 bits per heavy atom. The average molecular weight is 271 g/mol. The number of hydrogen-bond acceptors (Lipinski definition) is 1. The van der Waals surface area contributed by atoms with Crippen LogP contribution in [-0.4, -0.2) is 6.54 Å². The van der Waals surface area contributed by atoms with Crippen molar-refractivity contribution in [1.29, 1.82) is 0 Å². The van der Waals surface area contributed by atoms with Gasteiger partial charge in [-0.15, -0.1) is 0 Å². The molecular weight excluding hydrogens is 249 g/mol. The first kappa shape index (κ1) is 14.7. The van der Waals surface area contributed by atoms with Crippen molar-refractivity contribution in [2.24, 2.45) is 0 Å². The Labute approximate surface area is 120 Å². The van der Waals surface area contributed by atoms with Crippen molar-refractivity contribution in [1.82, 2.24) is 5.32 Å². The molecule has 0 aromatic heterocycles. The molecular formula is C18H22FN. The Morgan fingerprint density at radius 1 is 1.00 bits per heavy atom. The molecule has 0 aliphatic carbocycles. The van der Waals surface area contributed by atoms with Gasteiger partial charge in [-0.25, -0.2) is 4.39 Å². The van der Waals surface area contributed by atoms with Gasteiger partial charge in [0.2, 0.25) is 0 Å². The van der Waals surface area contributed by atoms with Crippen LogP contribution in [0.3, 0.4) is 0 Å².